The van der Waals surface area contributed by atoms with Crippen molar-refractivity contribution in [3.63, 3.8) is 0 Å². The Morgan fingerprint density at radius 1 is 1.25 bits per heavy atom. The Hall–Kier alpha value is -0.583. The van der Waals surface area contributed by atoms with Crippen LogP contribution in [-0.2, 0) is 6.42 Å². The number of aromatic nitrogens is 1. The van der Waals surface area contributed by atoms with Crippen LogP contribution in [-0.4, -0.2) is 37.0 Å². The van der Waals surface area contributed by atoms with Gasteiger partial charge in [0, 0.05) is 21.4 Å². The van der Waals surface area contributed by atoms with Crippen LogP contribution in [0.1, 0.15) is 39.2 Å². The summed E-state index contributed by atoms with van der Waals surface area (Å²) in [4.78, 5) is 2.54. The molecule has 2 heterocycles. The van der Waals surface area contributed by atoms with Gasteiger partial charge in [-0.1, -0.05) is 49.8 Å². The highest BCUT2D eigenvalue weighted by atomic mass is 79.9. The Morgan fingerprint density at radius 2 is 1.96 bits per heavy atom. The Labute approximate surface area is 156 Å². The smallest absolute Gasteiger partial charge is 0.161 e. The average molecular weight is 407 g/mol. The molecule has 1 aliphatic heterocycles. The minimum atomic E-state index is -1.63. The molecule has 0 spiro atoms. The maximum Gasteiger partial charge on any atom is 0.161 e. The molecule has 0 amide bonds. The van der Waals surface area contributed by atoms with Crippen LogP contribution in [0.5, 0.6) is 0 Å². The van der Waals surface area contributed by atoms with Gasteiger partial charge in [-0.2, -0.15) is 0 Å². The van der Waals surface area contributed by atoms with Gasteiger partial charge in [-0.15, -0.1) is 0 Å². The van der Waals surface area contributed by atoms with Gasteiger partial charge in [0.25, 0.3) is 0 Å². The molecule has 2 aromatic rings. The standard InChI is InChI=1S/C20H31BrN2Si/c1-20(2,3)24(5,6)23-14-15(12-17-8-7-11-22(17)4)18-13-16(21)9-10-19(18)23/h9-10,13-14,17H,7-8,11-12H2,1-6H3/t17-/m0/s1. The average Bonchev–Trinajstić information content (AvgIpc) is 3.03. The predicted octanol–water partition coefficient (Wildman–Crippen LogP) is 5.89. The molecular weight excluding hydrogens is 376 g/mol. The van der Waals surface area contributed by atoms with Gasteiger partial charge < -0.3 is 9.13 Å². The number of fused-ring (bicyclic) bond motifs is 1. The van der Waals surface area contributed by atoms with Crippen molar-refractivity contribution in [2.45, 2.75) is 64.2 Å². The second-order valence-corrected chi connectivity index (χ2v) is 15.0. The first-order chi connectivity index (χ1) is 11.1. The number of benzene rings is 1. The highest BCUT2D eigenvalue weighted by Gasteiger charge is 2.38. The number of hydrogen-bond donors (Lipinski definition) is 0. The van der Waals surface area contributed by atoms with Crippen LogP contribution in [0.15, 0.2) is 28.9 Å². The molecule has 1 fully saturated rings. The molecule has 0 N–H and O–H groups in total. The van der Waals surface area contributed by atoms with Crippen molar-refractivity contribution >= 4 is 35.1 Å². The number of nitrogens with zero attached hydrogens (tertiary/aromatic N) is 2. The third-order valence-electron chi connectivity index (χ3n) is 6.41. The van der Waals surface area contributed by atoms with E-state index in [1.807, 2.05) is 0 Å². The zero-order valence-corrected chi connectivity index (χ0v) is 18.6. The maximum atomic E-state index is 3.68. The molecule has 0 saturated carbocycles. The van der Waals surface area contributed by atoms with Crippen LogP contribution in [0.25, 0.3) is 10.9 Å². The highest BCUT2D eigenvalue weighted by molar-refractivity contribution is 9.10. The summed E-state index contributed by atoms with van der Waals surface area (Å²) in [6, 6.07) is 7.52. The first kappa shape index (κ1) is 18.2. The zero-order valence-electron chi connectivity index (χ0n) is 16.0. The summed E-state index contributed by atoms with van der Waals surface area (Å²) in [7, 11) is 0.651. The summed E-state index contributed by atoms with van der Waals surface area (Å²) >= 11 is 3.68. The molecule has 132 valence electrons. The van der Waals surface area contributed by atoms with Gasteiger partial charge in [-0.05, 0) is 67.9 Å². The largest absolute Gasteiger partial charge is 0.374 e. The van der Waals surface area contributed by atoms with Crippen molar-refractivity contribution in [1.29, 1.82) is 0 Å². The fourth-order valence-corrected chi connectivity index (χ4v) is 6.11. The molecular formula is C20H31BrN2Si. The Morgan fingerprint density at radius 3 is 2.54 bits per heavy atom. The van der Waals surface area contributed by atoms with Gasteiger partial charge >= 0.3 is 0 Å². The lowest BCUT2D eigenvalue weighted by Gasteiger charge is -2.38. The van der Waals surface area contributed by atoms with Gasteiger partial charge in [0.2, 0.25) is 0 Å². The molecule has 1 aromatic carbocycles. The molecule has 1 saturated heterocycles. The monoisotopic (exact) mass is 406 g/mol. The van der Waals surface area contributed by atoms with Crippen LogP contribution < -0.4 is 0 Å². The van der Waals surface area contributed by atoms with Crippen molar-refractivity contribution in [3.8, 4) is 0 Å². The van der Waals surface area contributed by atoms with Crippen molar-refractivity contribution in [1.82, 2.24) is 9.13 Å². The van der Waals surface area contributed by atoms with Crippen molar-refractivity contribution in [3.05, 3.63) is 34.4 Å². The summed E-state index contributed by atoms with van der Waals surface area (Å²) in [6.07, 6.45) is 6.33. The molecule has 24 heavy (non-hydrogen) atoms. The second kappa shape index (κ2) is 6.29. The van der Waals surface area contributed by atoms with E-state index in [1.165, 1.54) is 46.7 Å². The number of rotatable bonds is 3. The Kier molecular flexibility index (Phi) is 4.78. The summed E-state index contributed by atoms with van der Waals surface area (Å²) in [5.74, 6) is 0. The molecule has 0 aliphatic carbocycles. The third-order valence-corrected chi connectivity index (χ3v) is 12.2. The molecule has 0 radical (unpaired) electrons. The van der Waals surface area contributed by atoms with Crippen molar-refractivity contribution in [2.75, 3.05) is 13.6 Å². The summed E-state index contributed by atoms with van der Waals surface area (Å²) in [6.45, 7) is 13.4. The van der Waals surface area contributed by atoms with Crippen LogP contribution in [0.4, 0.5) is 0 Å². The van der Waals surface area contributed by atoms with Gasteiger partial charge in [0.1, 0.15) is 0 Å². The maximum absolute atomic E-state index is 3.68. The molecule has 0 unspecified atom stereocenters. The number of likely N-dealkylation sites (tertiary alicyclic amines) is 1. The molecule has 2 nitrogen and oxygen atoms in total. The predicted molar refractivity (Wildman–Crippen MR) is 112 cm³/mol. The molecule has 4 heteroatoms. The minimum Gasteiger partial charge on any atom is -0.374 e. The van der Waals surface area contributed by atoms with E-state index in [4.69, 9.17) is 0 Å². The van der Waals surface area contributed by atoms with E-state index in [2.05, 4.69) is 90.4 Å². The first-order valence-electron chi connectivity index (χ1n) is 9.11. The van der Waals surface area contributed by atoms with Gasteiger partial charge in [-0.3, -0.25) is 0 Å². The fourth-order valence-electron chi connectivity index (χ4n) is 3.75. The second-order valence-electron chi connectivity index (χ2n) is 8.98. The lowest BCUT2D eigenvalue weighted by atomic mass is 10.0. The van der Waals surface area contributed by atoms with Crippen LogP contribution in [0.3, 0.4) is 0 Å². The fraction of sp³-hybridized carbons (Fsp3) is 0.600. The zero-order chi connectivity index (χ0) is 17.7. The van der Waals surface area contributed by atoms with Crippen LogP contribution in [0.2, 0.25) is 18.1 Å². The van der Waals surface area contributed by atoms with Gasteiger partial charge in [-0.25, -0.2) is 0 Å². The lowest BCUT2D eigenvalue weighted by molar-refractivity contribution is 0.310. The van der Waals surface area contributed by atoms with E-state index in [9.17, 15) is 0 Å². The normalized spacial score (nSPS) is 20.2. The van der Waals surface area contributed by atoms with E-state index in [0.29, 0.717) is 11.1 Å². The SMILES string of the molecule is CN1CCC[C@H]1Cc1cn([Si](C)(C)C(C)(C)C)c2ccc(Br)cc12. The van der Waals surface area contributed by atoms with Gasteiger partial charge in [0.05, 0.1) is 0 Å². The molecule has 1 aliphatic rings. The summed E-state index contributed by atoms with van der Waals surface area (Å²) in [5.41, 5.74) is 2.94. The Bertz CT molecular complexity index is 742. The first-order valence-corrected chi connectivity index (χ1v) is 12.9. The van der Waals surface area contributed by atoms with E-state index in [1.54, 1.807) is 0 Å². The molecule has 0 bridgehead atoms. The van der Waals surface area contributed by atoms with E-state index >= 15 is 0 Å². The van der Waals surface area contributed by atoms with Crippen LogP contribution in [0, 0.1) is 0 Å². The lowest BCUT2D eigenvalue weighted by Crippen LogP contribution is -2.44. The highest BCUT2D eigenvalue weighted by Crippen LogP contribution is 2.40. The minimum absolute atomic E-state index is 0.327. The summed E-state index contributed by atoms with van der Waals surface area (Å²) in [5, 5.41) is 1.77. The number of halogens is 1. The third kappa shape index (κ3) is 3.13. The summed E-state index contributed by atoms with van der Waals surface area (Å²) < 4.78 is 3.84. The topological polar surface area (TPSA) is 8.17 Å². The van der Waals surface area contributed by atoms with Crippen molar-refractivity contribution < 1.29 is 0 Å². The Balaban J connectivity index is 2.11. The number of hydrogen-bond acceptors (Lipinski definition) is 1. The van der Waals surface area contributed by atoms with E-state index in [-0.39, 0.29) is 0 Å². The van der Waals surface area contributed by atoms with Crippen LogP contribution >= 0.6 is 15.9 Å². The quantitative estimate of drug-likeness (QED) is 0.576. The van der Waals surface area contributed by atoms with Crippen molar-refractivity contribution in [2.24, 2.45) is 0 Å². The number of likely N-dealkylation sites (N-methyl/N-ethyl adjacent to an activating group) is 1. The molecule has 1 aromatic heterocycles. The van der Waals surface area contributed by atoms with Gasteiger partial charge in [0.15, 0.2) is 8.24 Å². The molecule has 1 atom stereocenters. The van der Waals surface area contributed by atoms with E-state index in [0.717, 1.165) is 0 Å². The molecule has 3 rings (SSSR count). The van der Waals surface area contributed by atoms with E-state index < -0.39 is 8.24 Å².